The molecule has 2 N–H and O–H groups in total. The van der Waals surface area contributed by atoms with Gasteiger partial charge in [0.1, 0.15) is 23.9 Å². The fourth-order valence-electron chi connectivity index (χ4n) is 3.98. The standard InChI is InChI=1S/C32H35NO8/c1-4-27(23-11-7-5-8-12-23)30(24-13-9-6-10-14-24)41-29(35)22-32(38,31(36)37)21-28(34)40-26-17-15-25(16-18-26)39-20-19-33(2)3/h5-18,38H,4,19-22H2,1-3H3,(H,36,37). The molecule has 0 radical (unpaired) electrons. The van der Waals surface area contributed by atoms with Gasteiger partial charge in [0.15, 0.2) is 5.60 Å². The minimum Gasteiger partial charge on any atom is -0.492 e. The number of nitrogens with zero attached hydrogens (tertiary/aromatic N) is 1. The van der Waals surface area contributed by atoms with Crippen molar-refractivity contribution in [3.8, 4) is 11.5 Å². The van der Waals surface area contributed by atoms with Gasteiger partial charge in [-0.2, -0.15) is 0 Å². The van der Waals surface area contributed by atoms with E-state index in [2.05, 4.69) is 0 Å². The van der Waals surface area contributed by atoms with Crippen LogP contribution in [0.5, 0.6) is 11.5 Å². The van der Waals surface area contributed by atoms with E-state index in [1.807, 2.05) is 62.3 Å². The number of allylic oxidation sites excluding steroid dienone is 1. The molecule has 0 saturated carbocycles. The van der Waals surface area contributed by atoms with Gasteiger partial charge in [0, 0.05) is 17.7 Å². The first-order valence-corrected chi connectivity index (χ1v) is 13.2. The normalized spacial score (nSPS) is 13.1. The van der Waals surface area contributed by atoms with Gasteiger partial charge in [-0.3, -0.25) is 9.59 Å². The minimum atomic E-state index is -2.75. The number of hydrogen-bond acceptors (Lipinski definition) is 8. The smallest absolute Gasteiger partial charge is 0.336 e. The molecule has 0 heterocycles. The maximum atomic E-state index is 13.1. The van der Waals surface area contributed by atoms with E-state index in [0.717, 1.165) is 17.7 Å². The van der Waals surface area contributed by atoms with Crippen LogP contribution in [0.4, 0.5) is 0 Å². The lowest BCUT2D eigenvalue weighted by Gasteiger charge is -2.22. The van der Waals surface area contributed by atoms with Gasteiger partial charge in [0.2, 0.25) is 0 Å². The Balaban J connectivity index is 1.73. The van der Waals surface area contributed by atoms with E-state index in [1.54, 1.807) is 36.4 Å². The summed E-state index contributed by atoms with van der Waals surface area (Å²) in [6.45, 7) is 3.10. The van der Waals surface area contributed by atoms with E-state index < -0.39 is 36.4 Å². The van der Waals surface area contributed by atoms with E-state index in [9.17, 15) is 24.6 Å². The number of benzene rings is 3. The summed E-state index contributed by atoms with van der Waals surface area (Å²) in [5.41, 5.74) is -0.594. The highest BCUT2D eigenvalue weighted by Crippen LogP contribution is 2.31. The Hall–Kier alpha value is -4.47. The molecule has 0 aliphatic heterocycles. The van der Waals surface area contributed by atoms with Crippen molar-refractivity contribution >= 4 is 29.2 Å². The van der Waals surface area contributed by atoms with E-state index in [0.29, 0.717) is 24.3 Å². The number of rotatable bonds is 14. The van der Waals surface area contributed by atoms with Gasteiger partial charge in [-0.1, -0.05) is 67.6 Å². The third-order valence-corrected chi connectivity index (χ3v) is 6.14. The molecule has 3 aromatic carbocycles. The Labute approximate surface area is 239 Å². The average Bonchev–Trinajstić information content (AvgIpc) is 2.94. The maximum Gasteiger partial charge on any atom is 0.336 e. The molecule has 0 saturated heterocycles. The summed E-state index contributed by atoms with van der Waals surface area (Å²) >= 11 is 0. The van der Waals surface area contributed by atoms with E-state index in [4.69, 9.17) is 14.2 Å². The van der Waals surface area contributed by atoms with Crippen LogP contribution in [0.25, 0.3) is 11.3 Å². The Morgan fingerprint density at radius 1 is 0.780 bits per heavy atom. The summed E-state index contributed by atoms with van der Waals surface area (Å²) in [6.07, 6.45) is -1.43. The number of carboxylic acids is 1. The highest BCUT2D eigenvalue weighted by molar-refractivity contribution is 5.94. The van der Waals surface area contributed by atoms with Crippen molar-refractivity contribution in [3.63, 3.8) is 0 Å². The van der Waals surface area contributed by atoms with Crippen molar-refractivity contribution in [2.24, 2.45) is 0 Å². The predicted octanol–water partition coefficient (Wildman–Crippen LogP) is 4.65. The number of carbonyl (C=O) groups excluding carboxylic acids is 2. The maximum absolute atomic E-state index is 13.1. The Morgan fingerprint density at radius 3 is 1.85 bits per heavy atom. The number of likely N-dealkylation sites (N-methyl/N-ethyl adjacent to an activating group) is 1. The summed E-state index contributed by atoms with van der Waals surface area (Å²) in [4.78, 5) is 39.6. The van der Waals surface area contributed by atoms with Crippen molar-refractivity contribution < 1.29 is 38.8 Å². The van der Waals surface area contributed by atoms with Crippen LogP contribution in [0, 0.1) is 0 Å². The molecule has 0 aromatic heterocycles. The number of carbonyl (C=O) groups is 3. The molecule has 9 heteroatoms. The molecular weight excluding hydrogens is 526 g/mol. The van der Waals surface area contributed by atoms with Gasteiger partial charge in [0.25, 0.3) is 0 Å². The molecule has 216 valence electrons. The molecule has 1 unspecified atom stereocenters. The second-order valence-electron chi connectivity index (χ2n) is 9.65. The van der Waals surface area contributed by atoms with Crippen LogP contribution < -0.4 is 9.47 Å². The molecular formula is C32H35NO8. The van der Waals surface area contributed by atoms with Gasteiger partial charge >= 0.3 is 17.9 Å². The molecule has 9 nitrogen and oxygen atoms in total. The second-order valence-corrected chi connectivity index (χ2v) is 9.65. The molecule has 0 amide bonds. The molecule has 0 aliphatic rings. The van der Waals surface area contributed by atoms with Crippen LogP contribution in [0.15, 0.2) is 84.9 Å². The highest BCUT2D eigenvalue weighted by atomic mass is 16.5. The van der Waals surface area contributed by atoms with Gasteiger partial charge in [0.05, 0.1) is 12.8 Å². The van der Waals surface area contributed by atoms with Gasteiger partial charge < -0.3 is 29.3 Å². The third-order valence-electron chi connectivity index (χ3n) is 6.14. The molecule has 0 aliphatic carbocycles. The molecule has 0 bridgehead atoms. The summed E-state index contributed by atoms with van der Waals surface area (Å²) in [5.74, 6) is -2.84. The fraction of sp³-hybridized carbons (Fsp3) is 0.281. The average molecular weight is 562 g/mol. The minimum absolute atomic E-state index is 0.134. The summed E-state index contributed by atoms with van der Waals surface area (Å²) in [7, 11) is 3.85. The van der Waals surface area contributed by atoms with Crippen LogP contribution in [-0.4, -0.2) is 65.9 Å². The second kappa shape index (κ2) is 14.8. The Bertz CT molecular complexity index is 1340. The molecule has 3 rings (SSSR count). The van der Waals surface area contributed by atoms with Crippen molar-refractivity contribution in [1.82, 2.24) is 4.90 Å². The Kier molecular flexibility index (Phi) is 11.2. The number of ether oxygens (including phenoxy) is 3. The molecule has 41 heavy (non-hydrogen) atoms. The van der Waals surface area contributed by atoms with E-state index >= 15 is 0 Å². The van der Waals surface area contributed by atoms with Crippen LogP contribution in [-0.2, 0) is 19.1 Å². The first kappa shape index (κ1) is 31.1. The lowest BCUT2D eigenvalue weighted by molar-refractivity contribution is -0.169. The van der Waals surface area contributed by atoms with Crippen LogP contribution in [0.1, 0.15) is 37.3 Å². The van der Waals surface area contributed by atoms with E-state index in [1.165, 1.54) is 12.1 Å². The van der Waals surface area contributed by atoms with Crippen LogP contribution >= 0.6 is 0 Å². The summed E-state index contributed by atoms with van der Waals surface area (Å²) in [5, 5.41) is 20.6. The predicted molar refractivity (Wildman–Crippen MR) is 154 cm³/mol. The molecule has 0 fully saturated rings. The Morgan fingerprint density at radius 2 is 1.32 bits per heavy atom. The van der Waals surface area contributed by atoms with Crippen molar-refractivity contribution in [2.75, 3.05) is 27.2 Å². The van der Waals surface area contributed by atoms with E-state index in [-0.39, 0.29) is 11.5 Å². The largest absolute Gasteiger partial charge is 0.492 e. The van der Waals surface area contributed by atoms with Crippen molar-refractivity contribution in [1.29, 1.82) is 0 Å². The monoisotopic (exact) mass is 561 g/mol. The zero-order valence-corrected chi connectivity index (χ0v) is 23.4. The van der Waals surface area contributed by atoms with Gasteiger partial charge in [-0.05, 0) is 50.3 Å². The number of hydrogen-bond donors (Lipinski definition) is 2. The molecule has 1 atom stereocenters. The summed E-state index contributed by atoms with van der Waals surface area (Å²) in [6, 6.07) is 24.4. The molecule has 0 spiro atoms. The first-order chi connectivity index (χ1) is 19.6. The zero-order chi connectivity index (χ0) is 29.8. The van der Waals surface area contributed by atoms with Gasteiger partial charge in [-0.25, -0.2) is 4.79 Å². The highest BCUT2D eigenvalue weighted by Gasteiger charge is 2.42. The number of esters is 2. The fourth-order valence-corrected chi connectivity index (χ4v) is 3.98. The number of carboxylic acid groups (broad SMARTS) is 1. The first-order valence-electron chi connectivity index (χ1n) is 13.2. The third kappa shape index (κ3) is 9.30. The quantitative estimate of drug-likeness (QED) is 0.125. The zero-order valence-electron chi connectivity index (χ0n) is 23.4. The number of aliphatic hydroxyl groups is 1. The van der Waals surface area contributed by atoms with Crippen molar-refractivity contribution in [2.45, 2.75) is 31.8 Å². The molecule has 3 aromatic rings. The van der Waals surface area contributed by atoms with Crippen molar-refractivity contribution in [3.05, 3.63) is 96.1 Å². The lowest BCUT2D eigenvalue weighted by atomic mass is 9.95. The SMILES string of the molecule is CCC(=C(OC(=O)CC(O)(CC(=O)Oc1ccc(OCCN(C)C)cc1)C(=O)O)c1ccccc1)c1ccccc1. The summed E-state index contributed by atoms with van der Waals surface area (Å²) < 4.78 is 16.5. The van der Waals surface area contributed by atoms with Crippen LogP contribution in [0.3, 0.4) is 0 Å². The lowest BCUT2D eigenvalue weighted by Crippen LogP contribution is -2.43. The van der Waals surface area contributed by atoms with Gasteiger partial charge in [-0.15, -0.1) is 0 Å². The topological polar surface area (TPSA) is 123 Å². The van der Waals surface area contributed by atoms with Crippen LogP contribution in [0.2, 0.25) is 0 Å². The number of aliphatic carboxylic acids is 1.